The fourth-order valence-electron chi connectivity index (χ4n) is 3.90. The molecule has 0 radical (unpaired) electrons. The summed E-state index contributed by atoms with van der Waals surface area (Å²) >= 11 is 0. The molecule has 0 aliphatic heterocycles. The summed E-state index contributed by atoms with van der Waals surface area (Å²) in [7, 11) is -2.71. The lowest BCUT2D eigenvalue weighted by Crippen LogP contribution is -2.39. The van der Waals surface area contributed by atoms with Gasteiger partial charge in [0, 0.05) is 44.0 Å². The van der Waals surface area contributed by atoms with Crippen molar-refractivity contribution in [2.24, 2.45) is 0 Å². The molecule has 0 aliphatic carbocycles. The van der Waals surface area contributed by atoms with Crippen molar-refractivity contribution in [3.05, 3.63) is 101 Å². The standard InChI is InChI=1S/C27H26FN5O6S/c1-39-17-5-16-31(40(37,38)24-14-12-23(13-15-24)33(35)36)19-27(34)29-26-18-25(20-6-3-2-4-7-20)30-32(26)22-10-8-21(28)9-11-22/h2-4,6-15,18H,5,16-17,19H2,1H3,(H,29,34). The average Bonchev–Trinajstić information content (AvgIpc) is 3.37. The van der Waals surface area contributed by atoms with Gasteiger partial charge in [0.15, 0.2) is 0 Å². The van der Waals surface area contributed by atoms with E-state index in [0.29, 0.717) is 17.8 Å². The minimum atomic E-state index is -4.19. The number of nitro benzene ring substituents is 1. The number of aromatic nitrogens is 2. The van der Waals surface area contributed by atoms with Gasteiger partial charge in [-0.05, 0) is 42.8 Å². The molecule has 0 unspecified atom stereocenters. The lowest BCUT2D eigenvalue weighted by molar-refractivity contribution is -0.384. The summed E-state index contributed by atoms with van der Waals surface area (Å²) in [6, 6.07) is 20.8. The van der Waals surface area contributed by atoms with E-state index in [-0.39, 0.29) is 29.6 Å². The van der Waals surface area contributed by atoms with E-state index in [1.54, 1.807) is 6.07 Å². The lowest BCUT2D eigenvalue weighted by atomic mass is 10.2. The Bertz CT molecular complexity index is 1580. The van der Waals surface area contributed by atoms with E-state index >= 15 is 0 Å². The number of nitrogens with one attached hydrogen (secondary N) is 1. The Morgan fingerprint density at radius 2 is 1.75 bits per heavy atom. The van der Waals surface area contributed by atoms with E-state index in [0.717, 1.165) is 34.1 Å². The number of anilines is 1. The second-order valence-electron chi connectivity index (χ2n) is 8.65. The van der Waals surface area contributed by atoms with Crippen LogP contribution in [0.25, 0.3) is 16.9 Å². The van der Waals surface area contributed by atoms with Crippen LogP contribution in [0.1, 0.15) is 6.42 Å². The smallest absolute Gasteiger partial charge is 0.269 e. The summed E-state index contributed by atoms with van der Waals surface area (Å²) < 4.78 is 47.8. The maximum Gasteiger partial charge on any atom is 0.269 e. The minimum Gasteiger partial charge on any atom is -0.385 e. The van der Waals surface area contributed by atoms with Gasteiger partial charge in [-0.3, -0.25) is 14.9 Å². The van der Waals surface area contributed by atoms with Gasteiger partial charge in [-0.15, -0.1) is 0 Å². The van der Waals surface area contributed by atoms with Crippen molar-refractivity contribution < 1.29 is 27.3 Å². The van der Waals surface area contributed by atoms with Crippen LogP contribution in [0.2, 0.25) is 0 Å². The summed E-state index contributed by atoms with van der Waals surface area (Å²) in [6.07, 6.45) is 0.307. The van der Waals surface area contributed by atoms with Gasteiger partial charge in [0.1, 0.15) is 11.6 Å². The molecule has 0 saturated heterocycles. The van der Waals surface area contributed by atoms with Crippen molar-refractivity contribution in [1.82, 2.24) is 14.1 Å². The number of halogens is 1. The third kappa shape index (κ3) is 6.75. The maximum absolute atomic E-state index is 13.6. The van der Waals surface area contributed by atoms with Gasteiger partial charge in [-0.2, -0.15) is 9.40 Å². The van der Waals surface area contributed by atoms with E-state index in [4.69, 9.17) is 4.74 Å². The number of hydrogen-bond donors (Lipinski definition) is 1. The Kier molecular flexibility index (Phi) is 8.99. The molecule has 1 N–H and O–H groups in total. The monoisotopic (exact) mass is 567 g/mol. The molecule has 11 nitrogen and oxygen atoms in total. The number of nitro groups is 1. The molecule has 0 spiro atoms. The molecule has 1 aromatic heterocycles. The quantitative estimate of drug-likeness (QED) is 0.153. The second-order valence-corrected chi connectivity index (χ2v) is 10.6. The Morgan fingerprint density at radius 3 is 2.38 bits per heavy atom. The number of amides is 1. The Hall–Kier alpha value is -4.46. The molecule has 40 heavy (non-hydrogen) atoms. The number of non-ortho nitro benzene ring substituents is 1. The van der Waals surface area contributed by atoms with Crippen LogP contribution in [0.15, 0.2) is 89.8 Å². The van der Waals surface area contributed by atoms with Gasteiger partial charge >= 0.3 is 0 Å². The highest BCUT2D eigenvalue weighted by Gasteiger charge is 2.27. The molecule has 0 bridgehead atoms. The van der Waals surface area contributed by atoms with Crippen molar-refractivity contribution in [3.63, 3.8) is 0 Å². The van der Waals surface area contributed by atoms with Crippen LogP contribution in [-0.2, 0) is 19.6 Å². The fraction of sp³-hybridized carbons (Fsp3) is 0.185. The molecule has 0 aliphatic rings. The van der Waals surface area contributed by atoms with Crippen molar-refractivity contribution in [2.45, 2.75) is 11.3 Å². The zero-order chi connectivity index (χ0) is 28.7. The van der Waals surface area contributed by atoms with Crippen molar-refractivity contribution >= 4 is 27.4 Å². The molecular weight excluding hydrogens is 541 g/mol. The van der Waals surface area contributed by atoms with Crippen LogP contribution in [0.4, 0.5) is 15.9 Å². The third-order valence-corrected chi connectivity index (χ3v) is 7.74. The normalized spacial score (nSPS) is 11.5. The molecule has 1 heterocycles. The highest BCUT2D eigenvalue weighted by atomic mass is 32.2. The fourth-order valence-corrected chi connectivity index (χ4v) is 5.33. The number of carbonyl (C=O) groups is 1. The summed E-state index contributed by atoms with van der Waals surface area (Å²) in [5.74, 6) is -0.835. The molecule has 13 heteroatoms. The molecule has 0 atom stereocenters. The Labute approximate surface area is 230 Å². The molecular formula is C27H26FN5O6S. The topological polar surface area (TPSA) is 137 Å². The number of sulfonamides is 1. The largest absolute Gasteiger partial charge is 0.385 e. The molecule has 0 fully saturated rings. The molecule has 1 amide bonds. The van der Waals surface area contributed by atoms with E-state index in [2.05, 4.69) is 10.4 Å². The Morgan fingerprint density at radius 1 is 1.07 bits per heavy atom. The van der Waals surface area contributed by atoms with Crippen molar-refractivity contribution in [1.29, 1.82) is 0 Å². The third-order valence-electron chi connectivity index (χ3n) is 5.88. The molecule has 0 saturated carbocycles. The van der Waals surface area contributed by atoms with E-state index in [9.17, 15) is 27.7 Å². The van der Waals surface area contributed by atoms with Crippen LogP contribution < -0.4 is 5.32 Å². The number of carbonyl (C=O) groups excluding carboxylic acids is 1. The number of benzene rings is 3. The van der Waals surface area contributed by atoms with Crippen LogP contribution in [0.3, 0.4) is 0 Å². The second kappa shape index (κ2) is 12.6. The van der Waals surface area contributed by atoms with E-state index in [1.165, 1.54) is 36.1 Å². The van der Waals surface area contributed by atoms with Gasteiger partial charge < -0.3 is 10.1 Å². The van der Waals surface area contributed by atoms with Crippen molar-refractivity contribution in [3.8, 4) is 16.9 Å². The summed E-state index contributed by atoms with van der Waals surface area (Å²) in [5.41, 5.74) is 1.54. The summed E-state index contributed by atoms with van der Waals surface area (Å²) in [5, 5.41) is 18.3. The van der Waals surface area contributed by atoms with Crippen LogP contribution in [-0.4, -0.2) is 60.1 Å². The highest BCUT2D eigenvalue weighted by molar-refractivity contribution is 7.89. The zero-order valence-corrected chi connectivity index (χ0v) is 22.3. The number of hydrogen-bond acceptors (Lipinski definition) is 7. The zero-order valence-electron chi connectivity index (χ0n) is 21.4. The van der Waals surface area contributed by atoms with Gasteiger partial charge in [-0.1, -0.05) is 30.3 Å². The van der Waals surface area contributed by atoms with Crippen LogP contribution in [0, 0.1) is 15.9 Å². The lowest BCUT2D eigenvalue weighted by Gasteiger charge is -2.22. The van der Waals surface area contributed by atoms with Gasteiger partial charge in [-0.25, -0.2) is 17.5 Å². The van der Waals surface area contributed by atoms with Crippen LogP contribution >= 0.6 is 0 Å². The number of rotatable bonds is 12. The first-order chi connectivity index (χ1) is 19.2. The van der Waals surface area contributed by atoms with Gasteiger partial charge in [0.05, 0.1) is 27.7 Å². The predicted molar refractivity (Wildman–Crippen MR) is 146 cm³/mol. The SMILES string of the molecule is COCCCN(CC(=O)Nc1cc(-c2ccccc2)nn1-c1ccc(F)cc1)S(=O)(=O)c1ccc([N+](=O)[O-])cc1. The molecule has 208 valence electrons. The summed E-state index contributed by atoms with van der Waals surface area (Å²) in [4.78, 5) is 23.4. The van der Waals surface area contributed by atoms with E-state index < -0.39 is 33.2 Å². The van der Waals surface area contributed by atoms with Crippen molar-refractivity contribution in [2.75, 3.05) is 32.1 Å². The Balaban J connectivity index is 1.62. The number of ether oxygens (including phenoxy) is 1. The predicted octanol–water partition coefficient (Wildman–Crippen LogP) is 4.25. The summed E-state index contributed by atoms with van der Waals surface area (Å²) in [6.45, 7) is -0.322. The maximum atomic E-state index is 13.6. The first-order valence-corrected chi connectivity index (χ1v) is 13.6. The van der Waals surface area contributed by atoms with E-state index in [1.807, 2.05) is 30.3 Å². The molecule has 3 aromatic carbocycles. The van der Waals surface area contributed by atoms with Gasteiger partial charge in [0.25, 0.3) is 5.69 Å². The molecule has 4 aromatic rings. The minimum absolute atomic E-state index is 0.0347. The average molecular weight is 568 g/mol. The first kappa shape index (κ1) is 28.5. The van der Waals surface area contributed by atoms with Crippen LogP contribution in [0.5, 0.6) is 0 Å². The number of methoxy groups -OCH3 is 1. The molecule has 4 rings (SSSR count). The number of nitrogens with zero attached hydrogens (tertiary/aromatic N) is 4. The van der Waals surface area contributed by atoms with Gasteiger partial charge in [0.2, 0.25) is 15.9 Å². The highest BCUT2D eigenvalue weighted by Crippen LogP contribution is 2.25. The first-order valence-electron chi connectivity index (χ1n) is 12.1.